The summed E-state index contributed by atoms with van der Waals surface area (Å²) in [6, 6.07) is 19.0. The van der Waals surface area contributed by atoms with Crippen LogP contribution in [0, 0.1) is 0 Å². The Hall–Kier alpha value is -1.90. The van der Waals surface area contributed by atoms with Gasteiger partial charge in [-0.1, -0.05) is 62.4 Å². The Balaban J connectivity index is 2.03. The first-order valence-corrected chi connectivity index (χ1v) is 8.04. The lowest BCUT2D eigenvalue weighted by Crippen LogP contribution is -2.28. The maximum absolute atomic E-state index is 10.5. The largest absolute Gasteiger partial charge is 0.387 e. The molecule has 0 unspecified atom stereocenters. The summed E-state index contributed by atoms with van der Waals surface area (Å²) >= 11 is 0. The van der Waals surface area contributed by atoms with Crippen molar-refractivity contribution in [2.45, 2.75) is 20.0 Å². The third-order valence-electron chi connectivity index (χ3n) is 4.48. The number of hydrogen-bond acceptors (Lipinski definition) is 2. The Kier molecular flexibility index (Phi) is 4.41. The molecule has 0 amide bonds. The normalized spacial score (nSPS) is 13.1. The van der Waals surface area contributed by atoms with Crippen molar-refractivity contribution in [2.75, 3.05) is 19.6 Å². The van der Waals surface area contributed by atoms with Gasteiger partial charge in [-0.05, 0) is 46.3 Å². The molecule has 0 saturated carbocycles. The highest BCUT2D eigenvalue weighted by Gasteiger charge is 2.12. The molecule has 0 fully saturated rings. The average Bonchev–Trinajstić information content (AvgIpc) is 2.58. The first-order valence-electron chi connectivity index (χ1n) is 8.04. The van der Waals surface area contributed by atoms with Gasteiger partial charge in [0.15, 0.2) is 0 Å². The molecule has 0 aliphatic rings. The van der Waals surface area contributed by atoms with Crippen LogP contribution in [-0.2, 0) is 0 Å². The molecule has 0 saturated heterocycles. The van der Waals surface area contributed by atoms with E-state index < -0.39 is 6.10 Å². The fourth-order valence-corrected chi connectivity index (χ4v) is 3.06. The van der Waals surface area contributed by atoms with Gasteiger partial charge in [-0.2, -0.15) is 0 Å². The SMILES string of the molecule is CCN(CC)C[C@@H](O)c1ccc2ccc3ccccc3c2c1. The van der Waals surface area contributed by atoms with Crippen LogP contribution >= 0.6 is 0 Å². The highest BCUT2D eigenvalue weighted by atomic mass is 16.3. The number of benzene rings is 3. The molecular weight excluding hydrogens is 270 g/mol. The lowest BCUT2D eigenvalue weighted by molar-refractivity contribution is 0.119. The Labute approximate surface area is 132 Å². The van der Waals surface area contributed by atoms with E-state index in [0.29, 0.717) is 6.54 Å². The van der Waals surface area contributed by atoms with E-state index in [1.54, 1.807) is 0 Å². The second-order valence-electron chi connectivity index (χ2n) is 5.77. The minimum Gasteiger partial charge on any atom is -0.387 e. The van der Waals surface area contributed by atoms with Crippen molar-refractivity contribution < 1.29 is 5.11 Å². The summed E-state index contributed by atoms with van der Waals surface area (Å²) in [7, 11) is 0. The van der Waals surface area contributed by atoms with Gasteiger partial charge in [0.2, 0.25) is 0 Å². The fraction of sp³-hybridized carbons (Fsp3) is 0.300. The van der Waals surface area contributed by atoms with Gasteiger partial charge in [-0.3, -0.25) is 0 Å². The molecule has 0 bridgehead atoms. The molecule has 2 heteroatoms. The zero-order valence-electron chi connectivity index (χ0n) is 13.3. The van der Waals surface area contributed by atoms with Gasteiger partial charge in [0.05, 0.1) is 6.10 Å². The van der Waals surface area contributed by atoms with Crippen molar-refractivity contribution in [2.24, 2.45) is 0 Å². The van der Waals surface area contributed by atoms with Crippen molar-refractivity contribution in [3.8, 4) is 0 Å². The molecule has 0 aliphatic heterocycles. The summed E-state index contributed by atoms with van der Waals surface area (Å²) in [5, 5.41) is 15.5. The van der Waals surface area contributed by atoms with Crippen LogP contribution in [0.4, 0.5) is 0 Å². The molecule has 3 aromatic carbocycles. The highest BCUT2D eigenvalue weighted by Crippen LogP contribution is 2.28. The van der Waals surface area contributed by atoms with E-state index in [9.17, 15) is 5.11 Å². The van der Waals surface area contributed by atoms with Crippen LogP contribution in [0.2, 0.25) is 0 Å². The maximum Gasteiger partial charge on any atom is 0.0917 e. The Morgan fingerprint density at radius 3 is 2.23 bits per heavy atom. The molecular formula is C20H23NO. The minimum absolute atomic E-state index is 0.441. The van der Waals surface area contributed by atoms with Crippen LogP contribution in [0.5, 0.6) is 0 Å². The van der Waals surface area contributed by atoms with Crippen molar-refractivity contribution in [3.05, 3.63) is 60.2 Å². The predicted molar refractivity (Wildman–Crippen MR) is 94.2 cm³/mol. The molecule has 114 valence electrons. The molecule has 3 aromatic rings. The van der Waals surface area contributed by atoms with Crippen molar-refractivity contribution in [1.82, 2.24) is 4.90 Å². The molecule has 1 atom stereocenters. The molecule has 22 heavy (non-hydrogen) atoms. The zero-order chi connectivity index (χ0) is 15.5. The number of aliphatic hydroxyl groups excluding tert-OH is 1. The summed E-state index contributed by atoms with van der Waals surface area (Å²) < 4.78 is 0. The molecule has 1 N–H and O–H groups in total. The number of fused-ring (bicyclic) bond motifs is 3. The molecule has 3 rings (SSSR count). The van der Waals surface area contributed by atoms with Crippen molar-refractivity contribution in [3.63, 3.8) is 0 Å². The second-order valence-corrected chi connectivity index (χ2v) is 5.77. The van der Waals surface area contributed by atoms with Crippen LogP contribution < -0.4 is 0 Å². The minimum atomic E-state index is -0.441. The van der Waals surface area contributed by atoms with E-state index in [1.165, 1.54) is 21.5 Å². The monoisotopic (exact) mass is 293 g/mol. The number of hydrogen-bond donors (Lipinski definition) is 1. The van der Waals surface area contributed by atoms with Gasteiger partial charge < -0.3 is 10.0 Å². The third-order valence-corrected chi connectivity index (χ3v) is 4.48. The predicted octanol–water partition coefficient (Wildman–Crippen LogP) is 4.37. The maximum atomic E-state index is 10.5. The summed E-state index contributed by atoms with van der Waals surface area (Å²) in [4.78, 5) is 2.25. The Morgan fingerprint density at radius 1 is 0.864 bits per heavy atom. The lowest BCUT2D eigenvalue weighted by atomic mass is 9.98. The van der Waals surface area contributed by atoms with Crippen molar-refractivity contribution >= 4 is 21.5 Å². The first-order chi connectivity index (χ1) is 10.7. The Bertz CT molecular complexity index is 777. The first kappa shape index (κ1) is 15.0. The van der Waals surface area contributed by atoms with Crippen LogP contribution in [0.3, 0.4) is 0 Å². The van der Waals surface area contributed by atoms with Gasteiger partial charge in [-0.25, -0.2) is 0 Å². The summed E-state index contributed by atoms with van der Waals surface area (Å²) in [5.74, 6) is 0. The summed E-state index contributed by atoms with van der Waals surface area (Å²) in [6.07, 6.45) is -0.441. The highest BCUT2D eigenvalue weighted by molar-refractivity contribution is 6.07. The van der Waals surface area contributed by atoms with Gasteiger partial charge in [0, 0.05) is 6.54 Å². The van der Waals surface area contributed by atoms with E-state index in [1.807, 2.05) is 6.07 Å². The number of rotatable bonds is 5. The van der Waals surface area contributed by atoms with E-state index in [2.05, 4.69) is 67.3 Å². The summed E-state index contributed by atoms with van der Waals surface area (Å²) in [6.45, 7) is 6.87. The van der Waals surface area contributed by atoms with Crippen LogP contribution in [-0.4, -0.2) is 29.6 Å². The molecule has 0 spiro atoms. The van der Waals surface area contributed by atoms with Gasteiger partial charge in [0.25, 0.3) is 0 Å². The molecule has 0 aromatic heterocycles. The standard InChI is InChI=1S/C20H23NO/c1-3-21(4-2)14-20(22)17-12-11-16-10-9-15-7-5-6-8-18(15)19(16)13-17/h5-13,20,22H,3-4,14H2,1-2H3/t20-/m1/s1. The zero-order valence-corrected chi connectivity index (χ0v) is 13.3. The van der Waals surface area contributed by atoms with Crippen LogP contribution in [0.25, 0.3) is 21.5 Å². The van der Waals surface area contributed by atoms with Crippen LogP contribution in [0.15, 0.2) is 54.6 Å². The molecule has 0 radical (unpaired) electrons. The van der Waals surface area contributed by atoms with Gasteiger partial charge in [-0.15, -0.1) is 0 Å². The second kappa shape index (κ2) is 6.47. The van der Waals surface area contributed by atoms with E-state index >= 15 is 0 Å². The van der Waals surface area contributed by atoms with Gasteiger partial charge in [0.1, 0.15) is 0 Å². The van der Waals surface area contributed by atoms with E-state index in [4.69, 9.17) is 0 Å². The van der Waals surface area contributed by atoms with E-state index in [-0.39, 0.29) is 0 Å². The number of nitrogens with zero attached hydrogens (tertiary/aromatic N) is 1. The quantitative estimate of drug-likeness (QED) is 0.706. The topological polar surface area (TPSA) is 23.5 Å². The fourth-order valence-electron chi connectivity index (χ4n) is 3.06. The van der Waals surface area contributed by atoms with Crippen molar-refractivity contribution in [1.29, 1.82) is 0 Å². The third kappa shape index (κ3) is 2.85. The van der Waals surface area contributed by atoms with Gasteiger partial charge >= 0.3 is 0 Å². The number of aliphatic hydroxyl groups is 1. The lowest BCUT2D eigenvalue weighted by Gasteiger charge is -2.22. The average molecular weight is 293 g/mol. The molecule has 0 aliphatic carbocycles. The molecule has 2 nitrogen and oxygen atoms in total. The van der Waals surface area contributed by atoms with E-state index in [0.717, 1.165) is 18.7 Å². The molecule has 0 heterocycles. The van der Waals surface area contributed by atoms with Crippen LogP contribution in [0.1, 0.15) is 25.5 Å². The summed E-state index contributed by atoms with van der Waals surface area (Å²) in [5.41, 5.74) is 0.996. The number of likely N-dealkylation sites (N-methyl/N-ethyl adjacent to an activating group) is 1. The smallest absolute Gasteiger partial charge is 0.0917 e. The Morgan fingerprint density at radius 2 is 1.50 bits per heavy atom.